The highest BCUT2D eigenvalue weighted by Crippen LogP contribution is 2.12. The van der Waals surface area contributed by atoms with Gasteiger partial charge in [0.1, 0.15) is 5.75 Å². The third-order valence-corrected chi connectivity index (χ3v) is 3.44. The van der Waals surface area contributed by atoms with Crippen molar-refractivity contribution in [1.82, 2.24) is 10.6 Å². The average molecular weight is 419 g/mol. The van der Waals surface area contributed by atoms with Crippen LogP contribution >= 0.6 is 24.0 Å². The number of benzene rings is 1. The van der Waals surface area contributed by atoms with Gasteiger partial charge in [-0.3, -0.25) is 0 Å². The lowest BCUT2D eigenvalue weighted by atomic mass is 10.2. The van der Waals surface area contributed by atoms with Gasteiger partial charge in [-0.25, -0.2) is 4.99 Å². The predicted molar refractivity (Wildman–Crippen MR) is 100 cm³/mol. The van der Waals surface area contributed by atoms with E-state index in [1.165, 1.54) is 0 Å². The van der Waals surface area contributed by atoms with Crippen molar-refractivity contribution in [3.8, 4) is 5.75 Å². The molecule has 1 aromatic rings. The van der Waals surface area contributed by atoms with Crippen molar-refractivity contribution in [3.05, 3.63) is 29.8 Å². The zero-order chi connectivity index (χ0) is 14.9. The number of halogens is 1. The van der Waals surface area contributed by atoms with Crippen molar-refractivity contribution in [1.29, 1.82) is 0 Å². The van der Waals surface area contributed by atoms with Crippen LogP contribution in [-0.4, -0.2) is 38.9 Å². The first-order chi connectivity index (χ1) is 10.3. The first-order valence-electron chi connectivity index (χ1n) is 7.58. The minimum atomic E-state index is 0. The van der Waals surface area contributed by atoms with E-state index in [9.17, 15) is 0 Å². The highest BCUT2D eigenvalue weighted by Gasteiger charge is 2.15. The number of ether oxygens (including phenoxy) is 2. The van der Waals surface area contributed by atoms with Crippen LogP contribution in [0.5, 0.6) is 5.75 Å². The number of nitrogens with one attached hydrogen (secondary N) is 2. The largest absolute Gasteiger partial charge is 0.497 e. The lowest BCUT2D eigenvalue weighted by molar-refractivity contribution is 0.114. The maximum atomic E-state index is 5.61. The number of hydrogen-bond donors (Lipinski definition) is 2. The minimum absolute atomic E-state index is 0. The molecule has 1 unspecified atom stereocenters. The smallest absolute Gasteiger partial charge is 0.191 e. The Hall–Kier alpha value is -1.02. The fraction of sp³-hybridized carbons (Fsp3) is 0.562. The summed E-state index contributed by atoms with van der Waals surface area (Å²) in [7, 11) is 1.67. The van der Waals surface area contributed by atoms with E-state index in [2.05, 4.69) is 22.5 Å². The van der Waals surface area contributed by atoms with Gasteiger partial charge in [-0.1, -0.05) is 12.1 Å². The molecule has 5 nitrogen and oxygen atoms in total. The molecule has 0 spiro atoms. The Morgan fingerprint density at radius 3 is 2.68 bits per heavy atom. The molecule has 0 radical (unpaired) electrons. The number of nitrogens with zero attached hydrogens (tertiary/aromatic N) is 1. The molecular formula is C16H26IN3O2. The summed E-state index contributed by atoms with van der Waals surface area (Å²) in [6, 6.07) is 7.98. The van der Waals surface area contributed by atoms with Crippen LogP contribution in [0.25, 0.3) is 0 Å². The topological polar surface area (TPSA) is 54.9 Å². The molecule has 1 fully saturated rings. The van der Waals surface area contributed by atoms with Crippen molar-refractivity contribution in [2.24, 2.45) is 4.99 Å². The predicted octanol–water partition coefficient (Wildman–Crippen LogP) is 2.55. The Morgan fingerprint density at radius 1 is 1.32 bits per heavy atom. The Bertz CT molecular complexity index is 445. The van der Waals surface area contributed by atoms with Crippen LogP contribution in [0.3, 0.4) is 0 Å². The summed E-state index contributed by atoms with van der Waals surface area (Å²) in [4.78, 5) is 4.60. The Morgan fingerprint density at radius 2 is 2.09 bits per heavy atom. The molecule has 2 rings (SSSR count). The molecule has 6 heteroatoms. The summed E-state index contributed by atoms with van der Waals surface area (Å²) in [5.41, 5.74) is 1.16. The number of rotatable bonds is 6. The normalized spacial score (nSPS) is 17.7. The van der Waals surface area contributed by atoms with Gasteiger partial charge in [0.2, 0.25) is 0 Å². The third-order valence-electron chi connectivity index (χ3n) is 3.44. The molecule has 0 bridgehead atoms. The van der Waals surface area contributed by atoms with Crippen molar-refractivity contribution < 1.29 is 9.47 Å². The molecule has 0 saturated carbocycles. The zero-order valence-electron chi connectivity index (χ0n) is 13.3. The summed E-state index contributed by atoms with van der Waals surface area (Å²) in [6.45, 7) is 5.25. The van der Waals surface area contributed by atoms with Gasteiger partial charge in [-0.2, -0.15) is 0 Å². The highest BCUT2D eigenvalue weighted by atomic mass is 127. The van der Waals surface area contributed by atoms with E-state index in [4.69, 9.17) is 9.47 Å². The van der Waals surface area contributed by atoms with Gasteiger partial charge in [0.05, 0.1) is 19.8 Å². The molecule has 1 aliphatic rings. The van der Waals surface area contributed by atoms with Crippen LogP contribution in [0, 0.1) is 0 Å². The van der Waals surface area contributed by atoms with Gasteiger partial charge >= 0.3 is 0 Å². The fourth-order valence-electron chi connectivity index (χ4n) is 2.26. The molecule has 1 aromatic carbocycles. The van der Waals surface area contributed by atoms with Crippen LogP contribution in [0.2, 0.25) is 0 Å². The van der Waals surface area contributed by atoms with E-state index in [0.717, 1.165) is 49.8 Å². The number of methoxy groups -OCH3 is 1. The van der Waals surface area contributed by atoms with Crippen LogP contribution in [0.4, 0.5) is 0 Å². The first kappa shape index (κ1) is 19.0. The second-order valence-electron chi connectivity index (χ2n) is 5.06. The number of aliphatic imine (C=N–C) groups is 1. The van der Waals surface area contributed by atoms with Gasteiger partial charge < -0.3 is 20.1 Å². The molecule has 124 valence electrons. The third kappa shape index (κ3) is 6.39. The van der Waals surface area contributed by atoms with Crippen molar-refractivity contribution >= 4 is 29.9 Å². The fourth-order valence-corrected chi connectivity index (χ4v) is 2.26. The molecule has 0 aromatic heterocycles. The van der Waals surface area contributed by atoms with Crippen molar-refractivity contribution in [2.75, 3.05) is 26.8 Å². The van der Waals surface area contributed by atoms with Gasteiger partial charge in [-0.05, 0) is 37.5 Å². The Labute approximate surface area is 149 Å². The first-order valence-corrected chi connectivity index (χ1v) is 7.58. The van der Waals surface area contributed by atoms with E-state index >= 15 is 0 Å². The van der Waals surface area contributed by atoms with E-state index in [1.54, 1.807) is 7.11 Å². The average Bonchev–Trinajstić information content (AvgIpc) is 3.04. The minimum Gasteiger partial charge on any atom is -0.497 e. The quantitative estimate of drug-likeness (QED) is 0.423. The van der Waals surface area contributed by atoms with Crippen LogP contribution < -0.4 is 15.4 Å². The van der Waals surface area contributed by atoms with Crippen LogP contribution in [0.1, 0.15) is 25.3 Å². The zero-order valence-corrected chi connectivity index (χ0v) is 15.6. The van der Waals surface area contributed by atoms with E-state index in [-0.39, 0.29) is 24.0 Å². The van der Waals surface area contributed by atoms with Crippen LogP contribution in [-0.2, 0) is 11.3 Å². The summed E-state index contributed by atoms with van der Waals surface area (Å²) in [5.74, 6) is 1.70. The monoisotopic (exact) mass is 419 g/mol. The maximum Gasteiger partial charge on any atom is 0.191 e. The van der Waals surface area contributed by atoms with Gasteiger partial charge in [-0.15, -0.1) is 24.0 Å². The molecular weight excluding hydrogens is 393 g/mol. The lowest BCUT2D eigenvalue weighted by Crippen LogP contribution is -2.41. The standard InChI is InChI=1S/C16H25N3O2.HI/c1-3-17-16(19-12-15-5-4-10-21-15)18-11-13-6-8-14(20-2)9-7-13;/h6-9,15H,3-5,10-12H2,1-2H3,(H2,17,18,19);1H. The van der Waals surface area contributed by atoms with E-state index < -0.39 is 0 Å². The maximum absolute atomic E-state index is 5.61. The summed E-state index contributed by atoms with van der Waals surface area (Å²) in [5, 5.41) is 6.60. The Balaban J connectivity index is 0.00000242. The van der Waals surface area contributed by atoms with Crippen LogP contribution in [0.15, 0.2) is 29.3 Å². The summed E-state index contributed by atoms with van der Waals surface area (Å²) in [6.07, 6.45) is 2.60. The summed E-state index contributed by atoms with van der Waals surface area (Å²) < 4.78 is 10.8. The van der Waals surface area contributed by atoms with Gasteiger partial charge in [0, 0.05) is 19.7 Å². The lowest BCUT2D eigenvalue weighted by Gasteiger charge is -2.14. The molecule has 1 atom stereocenters. The van der Waals surface area contributed by atoms with E-state index in [0.29, 0.717) is 12.6 Å². The summed E-state index contributed by atoms with van der Waals surface area (Å²) >= 11 is 0. The molecule has 1 saturated heterocycles. The number of guanidine groups is 1. The molecule has 2 N–H and O–H groups in total. The van der Waals surface area contributed by atoms with Gasteiger partial charge in [0.15, 0.2) is 5.96 Å². The van der Waals surface area contributed by atoms with Crippen molar-refractivity contribution in [2.45, 2.75) is 32.4 Å². The van der Waals surface area contributed by atoms with E-state index in [1.807, 2.05) is 24.3 Å². The Kier molecular flexibility index (Phi) is 9.22. The molecule has 0 aliphatic carbocycles. The molecule has 1 aliphatic heterocycles. The second kappa shape index (κ2) is 10.7. The molecule has 1 heterocycles. The SMILES string of the molecule is CCNC(=NCc1ccc(OC)cc1)NCC1CCCO1.I. The number of hydrogen-bond acceptors (Lipinski definition) is 3. The van der Waals surface area contributed by atoms with Gasteiger partial charge in [0.25, 0.3) is 0 Å². The highest BCUT2D eigenvalue weighted by molar-refractivity contribution is 14.0. The molecule has 0 amide bonds. The molecule has 22 heavy (non-hydrogen) atoms. The van der Waals surface area contributed by atoms with Crippen molar-refractivity contribution in [3.63, 3.8) is 0 Å². The second-order valence-corrected chi connectivity index (χ2v) is 5.06.